The lowest BCUT2D eigenvalue weighted by Crippen LogP contribution is -2.37. The second kappa shape index (κ2) is 6.79. The van der Waals surface area contributed by atoms with Crippen LogP contribution in [0.25, 0.3) is 0 Å². The molecule has 1 aromatic heterocycles. The van der Waals surface area contributed by atoms with Crippen molar-refractivity contribution in [2.75, 3.05) is 7.11 Å². The summed E-state index contributed by atoms with van der Waals surface area (Å²) in [5.74, 6) is 6.57. The molecule has 98 valence electrons. The van der Waals surface area contributed by atoms with E-state index in [1.54, 1.807) is 13.4 Å². The molecule has 0 spiro atoms. The molecule has 1 heterocycles. The first-order valence-corrected chi connectivity index (χ1v) is 6.11. The Morgan fingerprint density at radius 1 is 1.47 bits per heavy atom. The molecule has 4 nitrogen and oxygen atoms in total. The third-order valence-electron chi connectivity index (χ3n) is 3.20. The molecule has 0 saturated heterocycles. The van der Waals surface area contributed by atoms with Gasteiger partial charge in [-0.05, 0) is 45.2 Å². The minimum absolute atomic E-state index is 0.0835. The van der Waals surface area contributed by atoms with Crippen LogP contribution in [0, 0.1) is 0 Å². The molecule has 0 bridgehead atoms. The molecule has 1 unspecified atom stereocenters. The molecule has 1 atom stereocenters. The number of aryl methyl sites for hydroxylation is 1. The number of nitrogens with one attached hydrogen (secondary N) is 1. The first-order chi connectivity index (χ1) is 8.07. The third-order valence-corrected chi connectivity index (χ3v) is 3.20. The summed E-state index contributed by atoms with van der Waals surface area (Å²) in [4.78, 5) is 0. The fourth-order valence-electron chi connectivity index (χ4n) is 1.71. The van der Waals surface area contributed by atoms with Gasteiger partial charge in [0.2, 0.25) is 0 Å². The number of methoxy groups -OCH3 is 1. The molecule has 3 N–H and O–H groups in total. The summed E-state index contributed by atoms with van der Waals surface area (Å²) in [7, 11) is 1.74. The lowest BCUT2D eigenvalue weighted by molar-refractivity contribution is 0.0115. The van der Waals surface area contributed by atoms with Crippen molar-refractivity contribution >= 4 is 0 Å². The van der Waals surface area contributed by atoms with Crippen molar-refractivity contribution in [2.24, 2.45) is 5.84 Å². The maximum atomic E-state index is 5.56. The van der Waals surface area contributed by atoms with Crippen molar-refractivity contribution in [3.05, 3.63) is 24.2 Å². The van der Waals surface area contributed by atoms with Gasteiger partial charge < -0.3 is 9.15 Å². The second-order valence-corrected chi connectivity index (χ2v) is 4.98. The van der Waals surface area contributed by atoms with Crippen LogP contribution in [0.5, 0.6) is 0 Å². The van der Waals surface area contributed by atoms with Crippen molar-refractivity contribution in [2.45, 2.75) is 51.2 Å². The van der Waals surface area contributed by atoms with Gasteiger partial charge in [0, 0.05) is 19.6 Å². The van der Waals surface area contributed by atoms with Crippen LogP contribution in [0.15, 0.2) is 22.8 Å². The van der Waals surface area contributed by atoms with Crippen molar-refractivity contribution in [3.63, 3.8) is 0 Å². The summed E-state index contributed by atoms with van der Waals surface area (Å²) < 4.78 is 10.7. The van der Waals surface area contributed by atoms with Crippen LogP contribution in [-0.2, 0) is 11.2 Å². The quantitative estimate of drug-likeness (QED) is 0.540. The Labute approximate surface area is 103 Å². The topological polar surface area (TPSA) is 60.4 Å². The summed E-state index contributed by atoms with van der Waals surface area (Å²) in [6.45, 7) is 4.18. The minimum Gasteiger partial charge on any atom is -0.469 e. The Kier molecular flexibility index (Phi) is 5.68. The van der Waals surface area contributed by atoms with Crippen molar-refractivity contribution < 1.29 is 9.15 Å². The van der Waals surface area contributed by atoms with Gasteiger partial charge >= 0.3 is 0 Å². The highest BCUT2D eigenvalue weighted by Gasteiger charge is 2.18. The van der Waals surface area contributed by atoms with Crippen molar-refractivity contribution in [1.29, 1.82) is 0 Å². The van der Waals surface area contributed by atoms with E-state index in [1.165, 1.54) is 0 Å². The first-order valence-electron chi connectivity index (χ1n) is 6.11. The van der Waals surface area contributed by atoms with Gasteiger partial charge in [0.15, 0.2) is 0 Å². The summed E-state index contributed by atoms with van der Waals surface area (Å²) in [6.07, 6.45) is 5.57. The number of hydrazine groups is 1. The van der Waals surface area contributed by atoms with Gasteiger partial charge in [-0.15, -0.1) is 0 Å². The Bertz CT molecular complexity index is 296. The maximum Gasteiger partial charge on any atom is 0.103 e. The highest BCUT2D eigenvalue weighted by molar-refractivity contribution is 4.98. The molecule has 0 aliphatic rings. The van der Waals surface area contributed by atoms with E-state index in [0.717, 1.165) is 31.4 Å². The van der Waals surface area contributed by atoms with Gasteiger partial charge in [0.1, 0.15) is 5.76 Å². The predicted octanol–water partition coefficient (Wildman–Crippen LogP) is 2.25. The Morgan fingerprint density at radius 2 is 2.24 bits per heavy atom. The molecule has 0 amide bonds. The van der Waals surface area contributed by atoms with E-state index in [-0.39, 0.29) is 5.60 Å². The molecule has 0 radical (unpaired) electrons. The molecule has 0 fully saturated rings. The normalized spacial score (nSPS) is 13.9. The Morgan fingerprint density at radius 3 is 2.76 bits per heavy atom. The summed E-state index contributed by atoms with van der Waals surface area (Å²) in [6, 6.07) is 4.20. The summed E-state index contributed by atoms with van der Waals surface area (Å²) in [5.41, 5.74) is 2.78. The Balaban J connectivity index is 2.29. The third kappa shape index (κ3) is 5.35. The molecule has 1 aromatic rings. The number of hydrogen-bond acceptors (Lipinski definition) is 4. The minimum atomic E-state index is -0.0835. The SMILES string of the molecule is COC(C)(C)CCC(CCc1ccco1)NN. The molecule has 4 heteroatoms. The van der Waals surface area contributed by atoms with Gasteiger partial charge in [-0.2, -0.15) is 0 Å². The van der Waals surface area contributed by atoms with E-state index in [9.17, 15) is 0 Å². The van der Waals surface area contributed by atoms with E-state index in [4.69, 9.17) is 15.0 Å². The lowest BCUT2D eigenvalue weighted by Gasteiger charge is -2.25. The van der Waals surface area contributed by atoms with E-state index in [1.807, 2.05) is 12.1 Å². The molecular weight excluding hydrogens is 216 g/mol. The maximum absolute atomic E-state index is 5.56. The smallest absolute Gasteiger partial charge is 0.103 e. The number of hydrogen-bond donors (Lipinski definition) is 2. The van der Waals surface area contributed by atoms with Gasteiger partial charge in [0.05, 0.1) is 11.9 Å². The molecule has 1 rings (SSSR count). The van der Waals surface area contributed by atoms with Crippen molar-refractivity contribution in [1.82, 2.24) is 5.43 Å². The predicted molar refractivity (Wildman–Crippen MR) is 68.5 cm³/mol. The monoisotopic (exact) mass is 240 g/mol. The van der Waals surface area contributed by atoms with Crippen LogP contribution >= 0.6 is 0 Å². The summed E-state index contributed by atoms with van der Waals surface area (Å²) in [5, 5.41) is 0. The van der Waals surface area contributed by atoms with Crippen LogP contribution in [0.4, 0.5) is 0 Å². The molecule has 0 aliphatic heterocycles. The Hall–Kier alpha value is -0.840. The fraction of sp³-hybridized carbons (Fsp3) is 0.692. The van der Waals surface area contributed by atoms with Gasteiger partial charge in [-0.3, -0.25) is 11.3 Å². The average molecular weight is 240 g/mol. The zero-order valence-electron chi connectivity index (χ0n) is 11.0. The molecule has 0 aliphatic carbocycles. The van der Waals surface area contributed by atoms with Crippen LogP contribution in [-0.4, -0.2) is 18.8 Å². The van der Waals surface area contributed by atoms with E-state index < -0.39 is 0 Å². The lowest BCUT2D eigenvalue weighted by atomic mass is 9.96. The van der Waals surface area contributed by atoms with Gasteiger partial charge in [-0.25, -0.2) is 0 Å². The van der Waals surface area contributed by atoms with E-state index in [0.29, 0.717) is 6.04 Å². The van der Waals surface area contributed by atoms with E-state index in [2.05, 4.69) is 19.3 Å². The number of furan rings is 1. The summed E-state index contributed by atoms with van der Waals surface area (Å²) >= 11 is 0. The van der Waals surface area contributed by atoms with E-state index >= 15 is 0 Å². The molecule has 17 heavy (non-hydrogen) atoms. The molecule has 0 saturated carbocycles. The number of nitrogens with two attached hydrogens (primary N) is 1. The number of rotatable bonds is 8. The van der Waals surface area contributed by atoms with Crippen molar-refractivity contribution in [3.8, 4) is 0 Å². The van der Waals surface area contributed by atoms with Crippen LogP contribution < -0.4 is 11.3 Å². The number of ether oxygens (including phenoxy) is 1. The molecule has 0 aromatic carbocycles. The first kappa shape index (κ1) is 14.2. The standard InChI is InChI=1S/C13H24N2O2/c1-13(2,16-3)9-8-11(15-14)6-7-12-5-4-10-17-12/h4-5,10-11,15H,6-9,14H2,1-3H3. The highest BCUT2D eigenvalue weighted by Crippen LogP contribution is 2.18. The highest BCUT2D eigenvalue weighted by atomic mass is 16.5. The molecular formula is C13H24N2O2. The second-order valence-electron chi connectivity index (χ2n) is 4.98. The van der Waals surface area contributed by atoms with Crippen LogP contribution in [0.2, 0.25) is 0 Å². The zero-order chi connectivity index (χ0) is 12.7. The largest absolute Gasteiger partial charge is 0.469 e. The average Bonchev–Trinajstić information content (AvgIpc) is 2.82. The van der Waals surface area contributed by atoms with Gasteiger partial charge in [0.25, 0.3) is 0 Å². The zero-order valence-corrected chi connectivity index (χ0v) is 11.0. The van der Waals surface area contributed by atoms with Crippen LogP contribution in [0.3, 0.4) is 0 Å². The fourth-order valence-corrected chi connectivity index (χ4v) is 1.71. The van der Waals surface area contributed by atoms with Gasteiger partial charge in [-0.1, -0.05) is 0 Å². The van der Waals surface area contributed by atoms with Crippen LogP contribution in [0.1, 0.15) is 38.9 Å².